The molecule has 0 aliphatic carbocycles. The Hall–Kier alpha value is -0.620. The lowest BCUT2D eigenvalue weighted by molar-refractivity contribution is 1.58. The first-order valence-electron chi connectivity index (χ1n) is 5.69. The summed E-state index contributed by atoms with van der Waals surface area (Å²) < 4.78 is 2.62. The molecule has 0 unspecified atom stereocenters. The van der Waals surface area contributed by atoms with Gasteiger partial charge in [0.1, 0.15) is 0 Å². The van der Waals surface area contributed by atoms with Crippen LogP contribution in [-0.4, -0.2) is 0 Å². The lowest BCUT2D eigenvalue weighted by Gasteiger charge is -2.10. The number of rotatable bonds is 1. The second kappa shape index (κ2) is 5.17. The van der Waals surface area contributed by atoms with Gasteiger partial charge >= 0.3 is 0 Å². The molecule has 0 aliphatic heterocycles. The molecule has 0 bridgehead atoms. The van der Waals surface area contributed by atoms with Crippen molar-refractivity contribution in [2.45, 2.75) is 0 Å². The summed E-state index contributed by atoms with van der Waals surface area (Å²) in [5.74, 6) is 0. The highest BCUT2D eigenvalue weighted by molar-refractivity contribution is 14.1. The Kier molecular flexibility index (Phi) is 3.56. The van der Waals surface area contributed by atoms with E-state index in [-0.39, 0.29) is 0 Å². The van der Waals surface area contributed by atoms with E-state index >= 15 is 0 Å². The van der Waals surface area contributed by atoms with Crippen molar-refractivity contribution in [3.63, 3.8) is 0 Å². The van der Waals surface area contributed by atoms with E-state index in [9.17, 15) is 0 Å². The van der Waals surface area contributed by atoms with Crippen molar-refractivity contribution in [3.05, 3.63) is 67.8 Å². The van der Waals surface area contributed by atoms with E-state index in [1.165, 1.54) is 29.0 Å². The van der Waals surface area contributed by atoms with Gasteiger partial charge in [0.25, 0.3) is 0 Å². The van der Waals surface area contributed by atoms with Crippen LogP contribution in [-0.2, 0) is 0 Å². The molecular weight excluding hydrogens is 446 g/mol. The van der Waals surface area contributed by atoms with E-state index < -0.39 is 0 Å². The number of fused-ring (bicyclic) bond motifs is 1. The molecule has 2 heteroatoms. The van der Waals surface area contributed by atoms with Crippen LogP contribution in [0.1, 0.15) is 0 Å². The fourth-order valence-corrected chi connectivity index (χ4v) is 3.76. The van der Waals surface area contributed by atoms with Gasteiger partial charge in [-0.05, 0) is 73.1 Å². The minimum absolute atomic E-state index is 1.29. The van der Waals surface area contributed by atoms with Crippen molar-refractivity contribution < 1.29 is 0 Å². The molecule has 0 saturated heterocycles. The van der Waals surface area contributed by atoms with E-state index in [0.717, 1.165) is 0 Å². The first kappa shape index (κ1) is 12.4. The topological polar surface area (TPSA) is 0 Å². The zero-order chi connectivity index (χ0) is 12.5. The Balaban J connectivity index is 2.31. The van der Waals surface area contributed by atoms with Gasteiger partial charge in [-0.2, -0.15) is 0 Å². The molecular formula is C16H10I2. The zero-order valence-electron chi connectivity index (χ0n) is 9.53. The van der Waals surface area contributed by atoms with Crippen molar-refractivity contribution in [3.8, 4) is 11.1 Å². The molecule has 3 aromatic carbocycles. The Bertz CT molecular complexity index is 717. The van der Waals surface area contributed by atoms with Crippen LogP contribution < -0.4 is 0 Å². The van der Waals surface area contributed by atoms with Crippen molar-refractivity contribution in [1.29, 1.82) is 0 Å². The lowest BCUT2D eigenvalue weighted by Crippen LogP contribution is -1.87. The van der Waals surface area contributed by atoms with Gasteiger partial charge in [-0.25, -0.2) is 0 Å². The van der Waals surface area contributed by atoms with Gasteiger partial charge in [-0.3, -0.25) is 0 Å². The smallest absolute Gasteiger partial charge is 0.0287 e. The molecule has 0 aromatic heterocycles. The molecule has 0 heterocycles. The standard InChI is InChI=1S/C16H10I2/c17-15-8-4-3-7-13(15)14-10-9-11-5-1-2-6-12(11)16(14)18/h1-10H. The van der Waals surface area contributed by atoms with E-state index in [2.05, 4.69) is 106 Å². The maximum Gasteiger partial charge on any atom is 0.0287 e. The molecule has 0 spiro atoms. The monoisotopic (exact) mass is 456 g/mol. The molecule has 0 N–H and O–H groups in total. The number of halogens is 2. The first-order valence-corrected chi connectivity index (χ1v) is 7.85. The average molecular weight is 456 g/mol. The van der Waals surface area contributed by atoms with Crippen LogP contribution in [0.2, 0.25) is 0 Å². The maximum atomic E-state index is 2.46. The largest absolute Gasteiger partial charge is 0.0616 e. The van der Waals surface area contributed by atoms with Gasteiger partial charge in [-0.15, -0.1) is 0 Å². The molecule has 18 heavy (non-hydrogen) atoms. The number of hydrogen-bond acceptors (Lipinski definition) is 0. The Morgan fingerprint density at radius 2 is 1.33 bits per heavy atom. The summed E-state index contributed by atoms with van der Waals surface area (Å²) in [5, 5.41) is 2.63. The van der Waals surface area contributed by atoms with Crippen LogP contribution in [0.3, 0.4) is 0 Å². The molecule has 0 saturated carbocycles. The third kappa shape index (κ3) is 2.16. The van der Waals surface area contributed by atoms with Crippen LogP contribution in [0.15, 0.2) is 60.7 Å². The van der Waals surface area contributed by atoms with Gasteiger partial charge < -0.3 is 0 Å². The van der Waals surface area contributed by atoms with Gasteiger partial charge in [0.05, 0.1) is 0 Å². The van der Waals surface area contributed by atoms with Crippen LogP contribution >= 0.6 is 45.2 Å². The Morgan fingerprint density at radius 3 is 2.17 bits per heavy atom. The van der Waals surface area contributed by atoms with Crippen molar-refractivity contribution in [2.24, 2.45) is 0 Å². The second-order valence-electron chi connectivity index (χ2n) is 4.13. The highest BCUT2D eigenvalue weighted by Gasteiger charge is 2.08. The number of benzene rings is 3. The summed E-state index contributed by atoms with van der Waals surface area (Å²) in [6, 6.07) is 21.5. The van der Waals surface area contributed by atoms with E-state index in [4.69, 9.17) is 0 Å². The fraction of sp³-hybridized carbons (Fsp3) is 0. The highest BCUT2D eigenvalue weighted by Crippen LogP contribution is 2.33. The SMILES string of the molecule is Ic1ccccc1-c1ccc2ccccc2c1I. The van der Waals surface area contributed by atoms with Gasteiger partial charge in [0.2, 0.25) is 0 Å². The quantitative estimate of drug-likeness (QED) is 0.412. The summed E-state index contributed by atoms with van der Waals surface area (Å²) in [5.41, 5.74) is 2.63. The second-order valence-corrected chi connectivity index (χ2v) is 6.37. The third-order valence-corrected chi connectivity index (χ3v) is 5.13. The van der Waals surface area contributed by atoms with Gasteiger partial charge in [-0.1, -0.05) is 54.6 Å². The minimum Gasteiger partial charge on any atom is -0.0616 e. The predicted octanol–water partition coefficient (Wildman–Crippen LogP) is 5.72. The van der Waals surface area contributed by atoms with Crippen LogP contribution in [0.5, 0.6) is 0 Å². The van der Waals surface area contributed by atoms with Crippen molar-refractivity contribution in [2.75, 3.05) is 0 Å². The summed E-state index contributed by atoms with van der Waals surface area (Å²) in [4.78, 5) is 0. The summed E-state index contributed by atoms with van der Waals surface area (Å²) >= 11 is 4.86. The fourth-order valence-electron chi connectivity index (χ4n) is 2.12. The maximum absolute atomic E-state index is 2.46. The molecule has 0 amide bonds. The Morgan fingerprint density at radius 1 is 0.611 bits per heavy atom. The van der Waals surface area contributed by atoms with Crippen LogP contribution in [0.4, 0.5) is 0 Å². The van der Waals surface area contributed by atoms with E-state index in [0.29, 0.717) is 0 Å². The number of hydrogen-bond donors (Lipinski definition) is 0. The molecule has 88 valence electrons. The normalized spacial score (nSPS) is 10.8. The van der Waals surface area contributed by atoms with E-state index in [1.807, 2.05) is 0 Å². The minimum atomic E-state index is 1.29. The van der Waals surface area contributed by atoms with Crippen LogP contribution in [0, 0.1) is 7.14 Å². The average Bonchev–Trinajstić information content (AvgIpc) is 2.41. The first-order chi connectivity index (χ1) is 8.77. The molecule has 0 nitrogen and oxygen atoms in total. The molecule has 0 radical (unpaired) electrons. The van der Waals surface area contributed by atoms with Crippen molar-refractivity contribution >= 4 is 56.0 Å². The molecule has 0 fully saturated rings. The van der Waals surface area contributed by atoms with Crippen LogP contribution in [0.25, 0.3) is 21.9 Å². The molecule has 3 aromatic rings. The van der Waals surface area contributed by atoms with E-state index in [1.54, 1.807) is 0 Å². The third-order valence-electron chi connectivity index (χ3n) is 3.03. The van der Waals surface area contributed by atoms with Gasteiger partial charge in [0, 0.05) is 7.14 Å². The summed E-state index contributed by atoms with van der Waals surface area (Å²) in [6.45, 7) is 0. The van der Waals surface area contributed by atoms with Crippen molar-refractivity contribution in [1.82, 2.24) is 0 Å². The molecule has 0 aliphatic rings. The molecule has 0 atom stereocenters. The lowest BCUT2D eigenvalue weighted by atomic mass is 10.0. The highest BCUT2D eigenvalue weighted by atomic mass is 127. The predicted molar refractivity (Wildman–Crippen MR) is 94.8 cm³/mol. The Labute approximate surface area is 134 Å². The van der Waals surface area contributed by atoms with Gasteiger partial charge in [0.15, 0.2) is 0 Å². The molecule has 3 rings (SSSR count). The summed E-state index contributed by atoms with van der Waals surface area (Å²) in [7, 11) is 0. The summed E-state index contributed by atoms with van der Waals surface area (Å²) in [6.07, 6.45) is 0. The zero-order valence-corrected chi connectivity index (χ0v) is 13.8.